The molecule has 2 N–H and O–H groups in total. The molecule has 0 radical (unpaired) electrons. The molecule has 5 heterocycles. The highest BCUT2D eigenvalue weighted by Crippen LogP contribution is 2.51. The second kappa shape index (κ2) is 20.1. The maximum atomic E-state index is 14.3. The van der Waals surface area contributed by atoms with Crippen molar-refractivity contribution in [3.8, 4) is 0 Å². The van der Waals surface area contributed by atoms with Crippen LogP contribution in [0.15, 0.2) is 0 Å². The first kappa shape index (κ1) is 48.4. The van der Waals surface area contributed by atoms with E-state index in [1.807, 2.05) is 27.7 Å². The highest BCUT2D eigenvalue weighted by atomic mass is 16.7. The van der Waals surface area contributed by atoms with Crippen molar-refractivity contribution in [2.45, 2.75) is 204 Å². The Morgan fingerprint density at radius 1 is 0.581 bits per heavy atom. The summed E-state index contributed by atoms with van der Waals surface area (Å²) in [6.07, 6.45) is -5.15. The number of hydrogen-bond donors (Lipinski definition) is 2. The van der Waals surface area contributed by atoms with Gasteiger partial charge in [0.1, 0.15) is 48.8 Å². The van der Waals surface area contributed by atoms with Crippen molar-refractivity contribution in [3.05, 3.63) is 0 Å². The van der Waals surface area contributed by atoms with Crippen LogP contribution in [-0.4, -0.2) is 162 Å². The van der Waals surface area contributed by atoms with E-state index in [0.29, 0.717) is 37.5 Å². The van der Waals surface area contributed by atoms with Gasteiger partial charge in [0.2, 0.25) is 0 Å². The van der Waals surface area contributed by atoms with Gasteiger partial charge in [0.15, 0.2) is 12.6 Å². The van der Waals surface area contributed by atoms with Gasteiger partial charge in [0.25, 0.3) is 0 Å². The van der Waals surface area contributed by atoms with Gasteiger partial charge in [-0.1, -0.05) is 54.4 Å². The molecule has 7 fully saturated rings. The molecule has 16 heteroatoms. The molecule has 0 aromatic rings. The predicted octanol–water partition coefficient (Wildman–Crippen LogP) is 4.11. The molecule has 0 aromatic carbocycles. The molecule has 62 heavy (non-hydrogen) atoms. The Kier molecular flexibility index (Phi) is 15.7. The van der Waals surface area contributed by atoms with Crippen molar-refractivity contribution >= 4 is 11.9 Å². The Labute approximate surface area is 367 Å². The van der Waals surface area contributed by atoms with E-state index in [1.165, 1.54) is 14.2 Å². The van der Waals surface area contributed by atoms with Gasteiger partial charge < -0.3 is 67.1 Å². The zero-order valence-corrected chi connectivity index (χ0v) is 38.6. The Morgan fingerprint density at radius 2 is 0.968 bits per heavy atom. The normalized spacial score (nSPS) is 47.2. The lowest BCUT2D eigenvalue weighted by atomic mass is 9.73. The molecule has 2 aliphatic carbocycles. The van der Waals surface area contributed by atoms with E-state index in [1.54, 1.807) is 14.2 Å². The van der Waals surface area contributed by atoms with Gasteiger partial charge in [0, 0.05) is 65.0 Å². The minimum absolute atomic E-state index is 0.0255. The summed E-state index contributed by atoms with van der Waals surface area (Å²) in [5, 5.41) is 22.7. The quantitative estimate of drug-likeness (QED) is 0.267. The lowest BCUT2D eigenvalue weighted by Crippen LogP contribution is -2.59. The first-order valence-electron chi connectivity index (χ1n) is 23.3. The average molecular weight is 885 g/mol. The monoisotopic (exact) mass is 885 g/mol. The van der Waals surface area contributed by atoms with Gasteiger partial charge in [-0.15, -0.1) is 0 Å². The van der Waals surface area contributed by atoms with Crippen LogP contribution in [0, 0.1) is 34.5 Å². The largest absolute Gasteiger partial charge is 0.462 e. The van der Waals surface area contributed by atoms with E-state index in [4.69, 9.17) is 56.8 Å². The summed E-state index contributed by atoms with van der Waals surface area (Å²) in [5.41, 5.74) is -1.45. The molecule has 0 spiro atoms. The van der Waals surface area contributed by atoms with Crippen LogP contribution in [0.5, 0.6) is 0 Å². The van der Waals surface area contributed by atoms with Crippen LogP contribution < -0.4 is 0 Å². The average Bonchev–Trinajstić information content (AvgIpc) is 4.17. The summed E-state index contributed by atoms with van der Waals surface area (Å²) in [7, 11) is 6.15. The van der Waals surface area contributed by atoms with Crippen LogP contribution in [0.4, 0.5) is 0 Å². The van der Waals surface area contributed by atoms with Crippen molar-refractivity contribution < 1.29 is 76.6 Å². The van der Waals surface area contributed by atoms with Crippen LogP contribution in [-0.2, 0) is 66.4 Å². The standard InChI is InChI=1S/C46H76O16/c1-11-23-13-27(23)29-15-25-17-33(61-43-39(49)41(53-9)31(51-7)21-55-43)45(3,4)36(57-25)20-38(48)60-30(28-14-24(28)12-2)16-26-18-34(46(5,6)35(58-26)19-37(47)59-29)62-44-40(50)42(54-10)32(52-8)22-56-44/h23-36,39-44,49-50H,11-22H2,1-10H3/t23-,24?,25?,26-,27-,28-,29+,30+,31-,32-,33+,34+,35+,36+,39-,40-,41+,42+,43+,44+/m1/s1. The molecule has 0 amide bonds. The Bertz CT molecular complexity index is 1390. The van der Waals surface area contributed by atoms with Gasteiger partial charge >= 0.3 is 11.9 Å². The van der Waals surface area contributed by atoms with E-state index in [2.05, 4.69) is 13.8 Å². The molecule has 356 valence electrons. The van der Waals surface area contributed by atoms with Gasteiger partial charge in [-0.05, 0) is 36.5 Å². The molecular weight excluding hydrogens is 808 g/mol. The van der Waals surface area contributed by atoms with Crippen LogP contribution in [0.25, 0.3) is 0 Å². The van der Waals surface area contributed by atoms with Crippen molar-refractivity contribution in [2.24, 2.45) is 34.5 Å². The van der Waals surface area contributed by atoms with E-state index < -0.39 is 109 Å². The third-order valence-corrected chi connectivity index (χ3v) is 15.8. The highest BCUT2D eigenvalue weighted by Gasteiger charge is 2.55. The summed E-state index contributed by atoms with van der Waals surface area (Å²) in [6, 6.07) is 0. The van der Waals surface area contributed by atoms with Crippen molar-refractivity contribution in [1.82, 2.24) is 0 Å². The Morgan fingerprint density at radius 3 is 1.29 bits per heavy atom. The SMILES string of the molecule is CCC1C[C@H]1[C@@H]1C[C@@H]2C[C@H](O[C@@H]3OC[C@@H](OC)[C@H](OC)[C@H]3O)C(C)(C)[C@H](CC(=O)O[C@H]([C@@H]3C[C@H]3CC)CC3C[C@H](O[C@@H]4OC[C@@H](OC)[C@H](OC)[C@H]4O)C(C)(C)[C@H](CC(=O)O1)O3)O2. The predicted molar refractivity (Wildman–Crippen MR) is 221 cm³/mol. The van der Waals surface area contributed by atoms with Crippen molar-refractivity contribution in [2.75, 3.05) is 41.7 Å². The maximum absolute atomic E-state index is 14.3. The number of esters is 2. The van der Waals surface area contributed by atoms with E-state index in [-0.39, 0.29) is 49.8 Å². The summed E-state index contributed by atoms with van der Waals surface area (Å²) in [4.78, 5) is 28.6. The number of ether oxygens (including phenoxy) is 12. The fourth-order valence-electron chi connectivity index (χ4n) is 11.1. The number of aliphatic hydroxyl groups excluding tert-OH is 2. The number of carbonyl (C=O) groups excluding carboxylic acids is 2. The van der Waals surface area contributed by atoms with Crippen LogP contribution in [0.2, 0.25) is 0 Å². The van der Waals surface area contributed by atoms with Gasteiger partial charge in [-0.2, -0.15) is 0 Å². The van der Waals surface area contributed by atoms with E-state index >= 15 is 0 Å². The first-order chi connectivity index (χ1) is 29.6. The number of aliphatic hydroxyl groups is 2. The lowest BCUT2D eigenvalue weighted by molar-refractivity contribution is -0.315. The minimum atomic E-state index is -1.12. The molecule has 5 saturated heterocycles. The number of hydrogen-bond acceptors (Lipinski definition) is 16. The van der Waals surface area contributed by atoms with Crippen molar-refractivity contribution in [1.29, 1.82) is 0 Å². The molecule has 2 unspecified atom stereocenters. The summed E-state index contributed by atoms with van der Waals surface area (Å²) >= 11 is 0. The van der Waals surface area contributed by atoms with Gasteiger partial charge in [-0.3, -0.25) is 9.59 Å². The molecule has 2 saturated carbocycles. The number of rotatable bonds is 12. The number of carbonyl (C=O) groups is 2. The minimum Gasteiger partial charge on any atom is -0.462 e. The third kappa shape index (κ3) is 10.4. The van der Waals surface area contributed by atoms with Gasteiger partial charge in [-0.25, -0.2) is 0 Å². The topological polar surface area (TPSA) is 185 Å². The van der Waals surface area contributed by atoms with Crippen LogP contribution in [0.3, 0.4) is 0 Å². The maximum Gasteiger partial charge on any atom is 0.308 e. The molecular formula is C46H76O16. The Balaban J connectivity index is 1.17. The van der Waals surface area contributed by atoms with Crippen molar-refractivity contribution in [3.63, 3.8) is 0 Å². The van der Waals surface area contributed by atoms with E-state index in [9.17, 15) is 19.8 Å². The first-order valence-corrected chi connectivity index (χ1v) is 23.3. The fraction of sp³-hybridized carbons (Fsp3) is 0.957. The molecule has 16 nitrogen and oxygen atoms in total. The number of cyclic esters (lactones) is 2. The van der Waals surface area contributed by atoms with Gasteiger partial charge in [0.05, 0.1) is 62.7 Å². The van der Waals surface area contributed by atoms with E-state index in [0.717, 1.165) is 25.7 Å². The highest BCUT2D eigenvalue weighted by molar-refractivity contribution is 5.71. The van der Waals surface area contributed by atoms with Crippen LogP contribution in [0.1, 0.15) is 106 Å². The smallest absolute Gasteiger partial charge is 0.308 e. The molecule has 7 aliphatic rings. The van der Waals surface area contributed by atoms with Crippen LogP contribution >= 0.6 is 0 Å². The second-order valence-electron chi connectivity index (χ2n) is 20.3. The molecule has 5 aliphatic heterocycles. The second-order valence-corrected chi connectivity index (χ2v) is 20.3. The lowest BCUT2D eigenvalue weighted by Gasteiger charge is -2.50. The fourth-order valence-corrected chi connectivity index (χ4v) is 11.1. The number of fused-ring (bicyclic) bond motifs is 4. The Hall–Kier alpha value is -1.54. The zero-order chi connectivity index (χ0) is 44.7. The number of methoxy groups -OCH3 is 4. The molecule has 7 rings (SSSR count). The molecule has 0 aromatic heterocycles. The molecule has 20 atom stereocenters. The summed E-state index contributed by atoms with van der Waals surface area (Å²) in [6.45, 7) is 12.7. The zero-order valence-electron chi connectivity index (χ0n) is 38.6. The molecule has 4 bridgehead atoms. The summed E-state index contributed by atoms with van der Waals surface area (Å²) < 4.78 is 74.5. The third-order valence-electron chi connectivity index (χ3n) is 15.8. The summed E-state index contributed by atoms with van der Waals surface area (Å²) in [5.74, 6) is 0.398.